The van der Waals surface area contributed by atoms with E-state index in [1.807, 2.05) is 0 Å². The van der Waals surface area contributed by atoms with Crippen LogP contribution in [0.5, 0.6) is 0 Å². The summed E-state index contributed by atoms with van der Waals surface area (Å²) in [5, 5.41) is 13.4. The van der Waals surface area contributed by atoms with Crippen molar-refractivity contribution in [3.05, 3.63) is 69.8 Å². The fraction of sp³-hybridized carbons (Fsp3) is 0.0667. The molecule has 0 saturated heterocycles. The lowest BCUT2D eigenvalue weighted by Gasteiger charge is -2.07. The number of hydrogen-bond donors (Lipinski definition) is 1. The molecule has 0 unspecified atom stereocenters. The van der Waals surface area contributed by atoms with Gasteiger partial charge in [-0.2, -0.15) is 0 Å². The molecule has 0 aliphatic rings. The Morgan fingerprint density at radius 3 is 2.45 bits per heavy atom. The van der Waals surface area contributed by atoms with Crippen LogP contribution >= 0.6 is 0 Å². The monoisotopic (exact) mass is 300 g/mol. The molecule has 0 aliphatic carbocycles. The number of benzene rings is 2. The molecule has 0 aromatic heterocycles. The maximum atomic E-state index is 12.2. The lowest BCUT2D eigenvalue weighted by molar-refractivity contribution is -0.383. The van der Waals surface area contributed by atoms with Crippen LogP contribution in [-0.2, 0) is 4.74 Å². The topological polar surface area (TPSA) is 98.5 Å². The SMILES string of the molecule is COC(=O)c1cccc(C(=O)Nc2ccccc2[N+](=O)[O-])c1. The van der Waals surface area contributed by atoms with Crippen LogP contribution in [0.4, 0.5) is 11.4 Å². The molecule has 0 bridgehead atoms. The summed E-state index contributed by atoms with van der Waals surface area (Å²) in [7, 11) is 1.24. The number of nitro groups is 1. The molecule has 0 radical (unpaired) electrons. The molecule has 22 heavy (non-hydrogen) atoms. The number of rotatable bonds is 4. The van der Waals surface area contributed by atoms with Crippen LogP contribution in [0.1, 0.15) is 20.7 Å². The van der Waals surface area contributed by atoms with Crippen LogP contribution in [0.15, 0.2) is 48.5 Å². The average molecular weight is 300 g/mol. The Hall–Kier alpha value is -3.22. The molecule has 112 valence electrons. The first-order valence-electron chi connectivity index (χ1n) is 6.26. The summed E-state index contributed by atoms with van der Waals surface area (Å²) < 4.78 is 4.58. The molecule has 1 N–H and O–H groups in total. The van der Waals surface area contributed by atoms with E-state index in [-0.39, 0.29) is 22.5 Å². The fourth-order valence-corrected chi connectivity index (χ4v) is 1.84. The molecule has 0 saturated carbocycles. The van der Waals surface area contributed by atoms with Crippen molar-refractivity contribution < 1.29 is 19.2 Å². The highest BCUT2D eigenvalue weighted by molar-refractivity contribution is 6.06. The number of carbonyl (C=O) groups excluding carboxylic acids is 2. The molecular formula is C15H12N2O5. The predicted molar refractivity (Wildman–Crippen MR) is 78.8 cm³/mol. The van der Waals surface area contributed by atoms with Gasteiger partial charge in [0.05, 0.1) is 17.6 Å². The van der Waals surface area contributed by atoms with Crippen molar-refractivity contribution in [1.82, 2.24) is 0 Å². The lowest BCUT2D eigenvalue weighted by Crippen LogP contribution is -2.14. The van der Waals surface area contributed by atoms with E-state index in [2.05, 4.69) is 10.1 Å². The van der Waals surface area contributed by atoms with Gasteiger partial charge >= 0.3 is 5.97 Å². The highest BCUT2D eigenvalue weighted by Crippen LogP contribution is 2.23. The number of anilines is 1. The first-order chi connectivity index (χ1) is 10.5. The second kappa shape index (κ2) is 6.49. The second-order valence-corrected chi connectivity index (χ2v) is 4.30. The van der Waals surface area contributed by atoms with E-state index >= 15 is 0 Å². The molecule has 0 heterocycles. The molecule has 2 aromatic carbocycles. The van der Waals surface area contributed by atoms with Crippen molar-refractivity contribution >= 4 is 23.3 Å². The number of hydrogen-bond acceptors (Lipinski definition) is 5. The summed E-state index contributed by atoms with van der Waals surface area (Å²) in [6, 6.07) is 11.7. The second-order valence-electron chi connectivity index (χ2n) is 4.30. The largest absolute Gasteiger partial charge is 0.465 e. The molecule has 0 atom stereocenters. The third-order valence-corrected chi connectivity index (χ3v) is 2.89. The van der Waals surface area contributed by atoms with Crippen molar-refractivity contribution in [2.24, 2.45) is 0 Å². The minimum Gasteiger partial charge on any atom is -0.465 e. The van der Waals surface area contributed by atoms with Crippen molar-refractivity contribution in [3.8, 4) is 0 Å². The smallest absolute Gasteiger partial charge is 0.337 e. The number of nitrogens with zero attached hydrogens (tertiary/aromatic N) is 1. The van der Waals surface area contributed by atoms with Gasteiger partial charge in [-0.05, 0) is 24.3 Å². The molecule has 7 heteroatoms. The van der Waals surface area contributed by atoms with Gasteiger partial charge in [-0.1, -0.05) is 18.2 Å². The van der Waals surface area contributed by atoms with E-state index in [4.69, 9.17) is 0 Å². The van der Waals surface area contributed by atoms with Gasteiger partial charge < -0.3 is 10.1 Å². The third-order valence-electron chi connectivity index (χ3n) is 2.89. The Morgan fingerprint density at radius 1 is 1.09 bits per heavy atom. The average Bonchev–Trinajstić information content (AvgIpc) is 2.54. The van der Waals surface area contributed by atoms with E-state index in [9.17, 15) is 19.7 Å². The summed E-state index contributed by atoms with van der Waals surface area (Å²) in [4.78, 5) is 33.9. The third kappa shape index (κ3) is 3.26. The zero-order valence-corrected chi connectivity index (χ0v) is 11.6. The summed E-state index contributed by atoms with van der Waals surface area (Å²) in [5.74, 6) is -1.12. The first kappa shape index (κ1) is 15.2. The zero-order valence-electron chi connectivity index (χ0n) is 11.6. The molecule has 0 spiro atoms. The van der Waals surface area contributed by atoms with Crippen LogP contribution in [0.3, 0.4) is 0 Å². The molecule has 0 fully saturated rings. The van der Waals surface area contributed by atoms with E-state index in [1.54, 1.807) is 6.07 Å². The highest BCUT2D eigenvalue weighted by atomic mass is 16.6. The molecule has 2 aromatic rings. The zero-order chi connectivity index (χ0) is 16.1. The first-order valence-corrected chi connectivity index (χ1v) is 6.26. The van der Waals surface area contributed by atoms with Crippen LogP contribution in [-0.4, -0.2) is 23.9 Å². The number of esters is 1. The van der Waals surface area contributed by atoms with Crippen LogP contribution in [0.2, 0.25) is 0 Å². The number of carbonyl (C=O) groups is 2. The maximum absolute atomic E-state index is 12.2. The van der Waals surface area contributed by atoms with Crippen LogP contribution in [0.25, 0.3) is 0 Å². The maximum Gasteiger partial charge on any atom is 0.337 e. The number of nitrogens with one attached hydrogen (secondary N) is 1. The number of para-hydroxylation sites is 2. The molecule has 1 amide bonds. The minimum absolute atomic E-state index is 0.0842. The minimum atomic E-state index is -0.583. The van der Waals surface area contributed by atoms with E-state index in [0.717, 1.165) is 0 Å². The van der Waals surface area contributed by atoms with Crippen molar-refractivity contribution in [2.45, 2.75) is 0 Å². The van der Waals surface area contributed by atoms with E-state index < -0.39 is 16.8 Å². The number of ether oxygens (including phenoxy) is 1. The van der Waals surface area contributed by atoms with Crippen LogP contribution in [0, 0.1) is 10.1 Å². The Morgan fingerprint density at radius 2 is 1.77 bits per heavy atom. The van der Waals surface area contributed by atoms with Gasteiger partial charge in [-0.15, -0.1) is 0 Å². The van der Waals surface area contributed by atoms with Crippen molar-refractivity contribution in [2.75, 3.05) is 12.4 Å². The van der Waals surface area contributed by atoms with Crippen molar-refractivity contribution in [1.29, 1.82) is 0 Å². The van der Waals surface area contributed by atoms with E-state index in [0.29, 0.717) is 0 Å². The van der Waals surface area contributed by atoms with E-state index in [1.165, 1.54) is 49.6 Å². The molecule has 2 rings (SSSR count). The van der Waals surface area contributed by atoms with Crippen LogP contribution < -0.4 is 5.32 Å². The molecular weight excluding hydrogens is 288 g/mol. The van der Waals surface area contributed by atoms with Gasteiger partial charge in [-0.3, -0.25) is 14.9 Å². The molecule has 7 nitrogen and oxygen atoms in total. The number of methoxy groups -OCH3 is 1. The normalized spacial score (nSPS) is 9.86. The van der Waals surface area contributed by atoms with Gasteiger partial charge in [0, 0.05) is 11.6 Å². The van der Waals surface area contributed by atoms with Gasteiger partial charge in [0.15, 0.2) is 0 Å². The Balaban J connectivity index is 2.27. The van der Waals surface area contributed by atoms with Gasteiger partial charge in [0.1, 0.15) is 5.69 Å². The Labute approximate surface area is 125 Å². The summed E-state index contributed by atoms with van der Waals surface area (Å²) in [6.07, 6.45) is 0. The van der Waals surface area contributed by atoms with Gasteiger partial charge in [0.25, 0.3) is 11.6 Å². The number of nitro benzene ring substituents is 1. The fourth-order valence-electron chi connectivity index (χ4n) is 1.84. The predicted octanol–water partition coefficient (Wildman–Crippen LogP) is 2.63. The molecule has 0 aliphatic heterocycles. The number of amides is 1. The lowest BCUT2D eigenvalue weighted by atomic mass is 10.1. The summed E-state index contributed by atoms with van der Waals surface area (Å²) in [5.41, 5.74) is 0.291. The summed E-state index contributed by atoms with van der Waals surface area (Å²) >= 11 is 0. The Bertz CT molecular complexity index is 742. The van der Waals surface area contributed by atoms with Gasteiger partial charge in [0.2, 0.25) is 0 Å². The summed E-state index contributed by atoms with van der Waals surface area (Å²) in [6.45, 7) is 0. The van der Waals surface area contributed by atoms with Gasteiger partial charge in [-0.25, -0.2) is 4.79 Å². The Kier molecular flexibility index (Phi) is 4.47. The standard InChI is InChI=1S/C15H12N2O5/c1-22-15(19)11-6-4-5-10(9-11)14(18)16-12-7-2-3-8-13(12)17(20)21/h2-9H,1H3,(H,16,18). The highest BCUT2D eigenvalue weighted by Gasteiger charge is 2.16. The quantitative estimate of drug-likeness (QED) is 0.531. The van der Waals surface area contributed by atoms with Crippen molar-refractivity contribution in [3.63, 3.8) is 0 Å².